The second-order valence-electron chi connectivity index (χ2n) is 8.22. The number of rotatable bonds is 12. The molecule has 0 saturated heterocycles. The summed E-state index contributed by atoms with van der Waals surface area (Å²) in [6, 6.07) is 24.5. The molecule has 6 nitrogen and oxygen atoms in total. The average Bonchev–Trinajstić information content (AvgIpc) is 2.86. The predicted octanol–water partition coefficient (Wildman–Crippen LogP) is 4.35. The van der Waals surface area contributed by atoms with E-state index in [9.17, 15) is 9.59 Å². The lowest BCUT2D eigenvalue weighted by Crippen LogP contribution is -2.47. The molecule has 1 unspecified atom stereocenters. The minimum Gasteiger partial charge on any atom is -0.497 e. The fourth-order valence-corrected chi connectivity index (χ4v) is 3.68. The molecular formula is C28H33N3O3. The lowest BCUT2D eigenvalue weighted by atomic mass is 10.0. The van der Waals surface area contributed by atoms with Crippen LogP contribution in [0.4, 0.5) is 5.69 Å². The van der Waals surface area contributed by atoms with Crippen LogP contribution in [0.2, 0.25) is 0 Å². The molecular weight excluding hydrogens is 426 g/mol. The Morgan fingerprint density at radius 1 is 0.912 bits per heavy atom. The van der Waals surface area contributed by atoms with Gasteiger partial charge in [0.25, 0.3) is 5.91 Å². The molecule has 1 atom stereocenters. The summed E-state index contributed by atoms with van der Waals surface area (Å²) >= 11 is 0. The number of hydrogen-bond acceptors (Lipinski definition) is 4. The second kappa shape index (κ2) is 13.0. The molecule has 0 aliphatic heterocycles. The molecule has 34 heavy (non-hydrogen) atoms. The number of amides is 2. The maximum Gasteiger partial charge on any atom is 0.251 e. The lowest BCUT2D eigenvalue weighted by molar-refractivity contribution is -0.123. The van der Waals surface area contributed by atoms with E-state index >= 15 is 0 Å². The number of hydrogen-bond donors (Lipinski definition) is 3. The Hall–Kier alpha value is -3.80. The van der Waals surface area contributed by atoms with Crippen LogP contribution >= 0.6 is 0 Å². The van der Waals surface area contributed by atoms with Crippen LogP contribution in [-0.4, -0.2) is 38.1 Å². The minimum atomic E-state index is -0.599. The first-order valence-corrected chi connectivity index (χ1v) is 11.6. The van der Waals surface area contributed by atoms with Gasteiger partial charge in [-0.25, -0.2) is 0 Å². The Balaban J connectivity index is 1.54. The minimum absolute atomic E-state index is 0.175. The third kappa shape index (κ3) is 7.96. The molecule has 0 aliphatic carbocycles. The Morgan fingerprint density at radius 2 is 1.68 bits per heavy atom. The van der Waals surface area contributed by atoms with Crippen LogP contribution in [0.15, 0.2) is 78.9 Å². The zero-order chi connectivity index (χ0) is 24.2. The Bertz CT molecular complexity index is 1050. The van der Waals surface area contributed by atoms with Crippen molar-refractivity contribution in [2.75, 3.05) is 25.5 Å². The highest BCUT2D eigenvalue weighted by Crippen LogP contribution is 2.14. The van der Waals surface area contributed by atoms with E-state index in [4.69, 9.17) is 4.74 Å². The van der Waals surface area contributed by atoms with Gasteiger partial charge in [-0.15, -0.1) is 0 Å². The van der Waals surface area contributed by atoms with E-state index in [2.05, 4.69) is 28.1 Å². The van der Waals surface area contributed by atoms with Crippen LogP contribution in [-0.2, 0) is 11.2 Å². The molecule has 0 fully saturated rings. The normalized spacial score (nSPS) is 11.4. The summed E-state index contributed by atoms with van der Waals surface area (Å²) in [5.41, 5.74) is 3.72. The van der Waals surface area contributed by atoms with Crippen LogP contribution in [0, 0.1) is 6.92 Å². The predicted molar refractivity (Wildman–Crippen MR) is 136 cm³/mol. The molecule has 0 aromatic heterocycles. The topological polar surface area (TPSA) is 79.5 Å². The van der Waals surface area contributed by atoms with Gasteiger partial charge in [-0.05, 0) is 68.1 Å². The highest BCUT2D eigenvalue weighted by molar-refractivity contribution is 5.97. The Labute approximate surface area is 201 Å². The summed E-state index contributed by atoms with van der Waals surface area (Å²) < 4.78 is 5.16. The summed E-state index contributed by atoms with van der Waals surface area (Å²) in [5, 5.41) is 9.15. The molecule has 0 saturated carbocycles. The first kappa shape index (κ1) is 24.8. The molecule has 2 amide bonds. The number of ether oxygens (including phenoxy) is 1. The van der Waals surface area contributed by atoms with E-state index in [0.29, 0.717) is 25.1 Å². The van der Waals surface area contributed by atoms with Crippen LogP contribution in [0.1, 0.15) is 34.3 Å². The maximum absolute atomic E-state index is 12.9. The van der Waals surface area contributed by atoms with Crippen LogP contribution in [0.3, 0.4) is 0 Å². The third-order valence-electron chi connectivity index (χ3n) is 5.55. The SMILES string of the molecule is COc1ccc(NCCNC(=O)C(CCCc2ccccc2)NC(=O)c2cccc(C)c2)cc1. The van der Waals surface area contributed by atoms with Crippen molar-refractivity contribution in [3.8, 4) is 5.75 Å². The zero-order valence-corrected chi connectivity index (χ0v) is 19.8. The first-order chi connectivity index (χ1) is 16.5. The van der Waals surface area contributed by atoms with E-state index in [0.717, 1.165) is 29.8 Å². The van der Waals surface area contributed by atoms with Gasteiger partial charge in [0.1, 0.15) is 11.8 Å². The summed E-state index contributed by atoms with van der Waals surface area (Å²) in [4.78, 5) is 25.7. The summed E-state index contributed by atoms with van der Waals surface area (Å²) in [7, 11) is 1.63. The van der Waals surface area contributed by atoms with Crippen molar-refractivity contribution in [2.24, 2.45) is 0 Å². The van der Waals surface area contributed by atoms with E-state index in [1.165, 1.54) is 5.56 Å². The molecule has 0 heterocycles. The van der Waals surface area contributed by atoms with E-state index in [1.807, 2.05) is 67.6 Å². The Kier molecular flexibility index (Phi) is 9.52. The van der Waals surface area contributed by atoms with Crippen molar-refractivity contribution in [1.82, 2.24) is 10.6 Å². The van der Waals surface area contributed by atoms with Gasteiger partial charge in [-0.3, -0.25) is 9.59 Å². The van der Waals surface area contributed by atoms with Gasteiger partial charge in [-0.1, -0.05) is 48.0 Å². The number of aryl methyl sites for hydroxylation is 2. The van der Waals surface area contributed by atoms with Crippen LogP contribution in [0.25, 0.3) is 0 Å². The van der Waals surface area contributed by atoms with E-state index < -0.39 is 6.04 Å². The molecule has 0 radical (unpaired) electrons. The maximum atomic E-state index is 12.9. The van der Waals surface area contributed by atoms with E-state index in [1.54, 1.807) is 13.2 Å². The average molecular weight is 460 g/mol. The fraction of sp³-hybridized carbons (Fsp3) is 0.286. The number of carbonyl (C=O) groups is 2. The quantitative estimate of drug-likeness (QED) is 0.352. The van der Waals surface area contributed by atoms with Crippen molar-refractivity contribution >= 4 is 17.5 Å². The molecule has 6 heteroatoms. The van der Waals surface area contributed by atoms with Crippen molar-refractivity contribution in [3.63, 3.8) is 0 Å². The monoisotopic (exact) mass is 459 g/mol. The number of methoxy groups -OCH3 is 1. The van der Waals surface area contributed by atoms with Crippen molar-refractivity contribution < 1.29 is 14.3 Å². The second-order valence-corrected chi connectivity index (χ2v) is 8.22. The van der Waals surface area contributed by atoms with Gasteiger partial charge < -0.3 is 20.7 Å². The van der Waals surface area contributed by atoms with Crippen molar-refractivity contribution in [2.45, 2.75) is 32.2 Å². The molecule has 178 valence electrons. The standard InChI is InChI=1S/C28H33N3O3/c1-21-8-6-12-23(20-21)27(32)31-26(13-7-11-22-9-4-3-5-10-22)28(33)30-19-18-29-24-14-16-25(34-2)17-15-24/h3-6,8-10,12,14-17,20,26,29H,7,11,13,18-19H2,1-2H3,(H,30,33)(H,31,32). The fourth-order valence-electron chi connectivity index (χ4n) is 3.68. The molecule has 0 spiro atoms. The largest absolute Gasteiger partial charge is 0.497 e. The van der Waals surface area contributed by atoms with Crippen LogP contribution < -0.4 is 20.7 Å². The van der Waals surface area contributed by atoms with Gasteiger partial charge >= 0.3 is 0 Å². The number of nitrogens with one attached hydrogen (secondary N) is 3. The summed E-state index contributed by atoms with van der Waals surface area (Å²) in [5.74, 6) is 0.382. The zero-order valence-electron chi connectivity index (χ0n) is 19.8. The van der Waals surface area contributed by atoms with Crippen molar-refractivity contribution in [3.05, 3.63) is 95.6 Å². The van der Waals surface area contributed by atoms with E-state index in [-0.39, 0.29) is 11.8 Å². The number of carbonyl (C=O) groups excluding carboxylic acids is 2. The van der Waals surface area contributed by atoms with Gasteiger partial charge in [0.2, 0.25) is 5.91 Å². The molecule has 0 aliphatic rings. The summed E-state index contributed by atoms with van der Waals surface area (Å²) in [6.45, 7) is 2.96. The van der Waals surface area contributed by atoms with Crippen molar-refractivity contribution in [1.29, 1.82) is 0 Å². The highest BCUT2D eigenvalue weighted by atomic mass is 16.5. The van der Waals surface area contributed by atoms with Gasteiger partial charge in [0.05, 0.1) is 7.11 Å². The first-order valence-electron chi connectivity index (χ1n) is 11.6. The van der Waals surface area contributed by atoms with Crippen LogP contribution in [0.5, 0.6) is 5.75 Å². The highest BCUT2D eigenvalue weighted by Gasteiger charge is 2.21. The third-order valence-corrected chi connectivity index (χ3v) is 5.55. The Morgan fingerprint density at radius 3 is 2.38 bits per heavy atom. The number of anilines is 1. The molecule has 0 bridgehead atoms. The summed E-state index contributed by atoms with van der Waals surface area (Å²) in [6.07, 6.45) is 2.20. The lowest BCUT2D eigenvalue weighted by Gasteiger charge is -2.19. The van der Waals surface area contributed by atoms with Gasteiger partial charge in [-0.2, -0.15) is 0 Å². The number of benzene rings is 3. The van der Waals surface area contributed by atoms with Gasteiger partial charge in [0.15, 0.2) is 0 Å². The molecule has 3 rings (SSSR count). The molecule has 3 aromatic rings. The molecule has 3 N–H and O–H groups in total. The smallest absolute Gasteiger partial charge is 0.251 e. The van der Waals surface area contributed by atoms with Gasteiger partial charge in [0, 0.05) is 24.3 Å². The molecule has 3 aromatic carbocycles.